The van der Waals surface area contributed by atoms with Gasteiger partial charge >= 0.3 is 0 Å². The van der Waals surface area contributed by atoms with Gasteiger partial charge in [-0.2, -0.15) is 0 Å². The van der Waals surface area contributed by atoms with E-state index < -0.39 is 0 Å². The number of amides is 1. The smallest absolute Gasteiger partial charge is 0.251 e. The van der Waals surface area contributed by atoms with Gasteiger partial charge in [-0.3, -0.25) is 4.79 Å². The number of rotatable bonds is 4. The van der Waals surface area contributed by atoms with Gasteiger partial charge in [0.2, 0.25) is 0 Å². The van der Waals surface area contributed by atoms with Gasteiger partial charge in [0, 0.05) is 17.5 Å². The highest BCUT2D eigenvalue weighted by Gasteiger charge is 2.59. The van der Waals surface area contributed by atoms with Crippen LogP contribution < -0.4 is 10.1 Å². The second-order valence-corrected chi connectivity index (χ2v) is 6.89. The van der Waals surface area contributed by atoms with Crippen LogP contribution in [0.2, 0.25) is 0 Å². The fraction of sp³-hybridized carbons (Fsp3) is 0.350. The van der Waals surface area contributed by atoms with Crippen LogP contribution in [0.3, 0.4) is 0 Å². The first kappa shape index (κ1) is 15.6. The minimum Gasteiger partial charge on any atom is -0.497 e. The number of hydrogen-bond acceptors (Lipinski definition) is 2. The molecule has 1 amide bonds. The van der Waals surface area contributed by atoms with Crippen molar-refractivity contribution >= 4 is 5.91 Å². The molecular weight excluding hydrogens is 286 g/mol. The molecule has 3 heteroatoms. The van der Waals surface area contributed by atoms with Crippen molar-refractivity contribution in [2.45, 2.75) is 32.7 Å². The molecule has 1 aliphatic rings. The van der Waals surface area contributed by atoms with E-state index in [0.717, 1.165) is 5.75 Å². The molecule has 1 fully saturated rings. The summed E-state index contributed by atoms with van der Waals surface area (Å²) in [5.41, 5.74) is 3.29. The number of nitrogens with one attached hydrogen (secondary N) is 1. The molecule has 2 aromatic rings. The number of hydrogen-bond donors (Lipinski definition) is 1. The molecule has 0 aromatic heterocycles. The first-order valence-corrected chi connectivity index (χ1v) is 7.95. The van der Waals surface area contributed by atoms with Crippen LogP contribution in [0.15, 0.2) is 48.5 Å². The summed E-state index contributed by atoms with van der Waals surface area (Å²) in [5.74, 6) is 1.09. The number of aryl methyl sites for hydroxylation is 1. The van der Waals surface area contributed by atoms with Crippen LogP contribution in [0.4, 0.5) is 0 Å². The zero-order valence-electron chi connectivity index (χ0n) is 14.1. The Labute approximate surface area is 137 Å². The number of carbonyl (C=O) groups is 1. The van der Waals surface area contributed by atoms with Gasteiger partial charge in [0.05, 0.1) is 7.11 Å². The first-order chi connectivity index (χ1) is 10.9. The summed E-state index contributed by atoms with van der Waals surface area (Å²) in [6.45, 7) is 6.50. The Kier molecular flexibility index (Phi) is 3.88. The standard InChI is InChI=1S/C20H23NO2/c1-13-5-7-14(8-6-13)17-18(20(17,2)3)21-19(22)15-9-11-16(23-4)12-10-15/h5-12,17-18H,1-4H3,(H,21,22)/t17-,18?/m0/s1. The molecule has 0 spiro atoms. The van der Waals surface area contributed by atoms with E-state index in [9.17, 15) is 4.79 Å². The largest absolute Gasteiger partial charge is 0.497 e. The van der Waals surface area contributed by atoms with E-state index in [1.807, 2.05) is 12.1 Å². The van der Waals surface area contributed by atoms with E-state index in [2.05, 4.69) is 50.4 Å². The van der Waals surface area contributed by atoms with Crippen LogP contribution in [-0.4, -0.2) is 19.1 Å². The van der Waals surface area contributed by atoms with Crippen molar-refractivity contribution in [2.24, 2.45) is 5.41 Å². The van der Waals surface area contributed by atoms with Crippen LogP contribution >= 0.6 is 0 Å². The summed E-state index contributed by atoms with van der Waals surface area (Å²) in [5, 5.41) is 3.18. The van der Waals surface area contributed by atoms with Gasteiger partial charge in [-0.15, -0.1) is 0 Å². The molecule has 120 valence electrons. The molecule has 0 radical (unpaired) electrons. The van der Waals surface area contributed by atoms with Crippen LogP contribution in [0.1, 0.15) is 41.3 Å². The molecule has 0 bridgehead atoms. The predicted molar refractivity (Wildman–Crippen MR) is 91.9 cm³/mol. The maximum Gasteiger partial charge on any atom is 0.251 e. The quantitative estimate of drug-likeness (QED) is 0.929. The van der Waals surface area contributed by atoms with Crippen molar-refractivity contribution in [3.05, 3.63) is 65.2 Å². The third-order valence-corrected chi connectivity index (χ3v) is 4.90. The lowest BCUT2D eigenvalue weighted by atomic mass is 10.0. The average molecular weight is 309 g/mol. The Morgan fingerprint density at radius 2 is 1.65 bits per heavy atom. The highest BCUT2D eigenvalue weighted by molar-refractivity contribution is 5.95. The van der Waals surface area contributed by atoms with Crippen molar-refractivity contribution in [3.8, 4) is 5.75 Å². The lowest BCUT2D eigenvalue weighted by molar-refractivity contribution is 0.0946. The second-order valence-electron chi connectivity index (χ2n) is 6.89. The van der Waals surface area contributed by atoms with E-state index in [4.69, 9.17) is 4.74 Å². The van der Waals surface area contributed by atoms with Crippen molar-refractivity contribution in [1.29, 1.82) is 0 Å². The van der Waals surface area contributed by atoms with Gasteiger partial charge in [0.25, 0.3) is 5.91 Å². The van der Waals surface area contributed by atoms with E-state index >= 15 is 0 Å². The third kappa shape index (κ3) is 2.96. The Hall–Kier alpha value is -2.29. The molecule has 1 aliphatic carbocycles. The van der Waals surface area contributed by atoms with Crippen molar-refractivity contribution in [2.75, 3.05) is 7.11 Å². The number of methoxy groups -OCH3 is 1. The number of benzene rings is 2. The molecule has 0 aliphatic heterocycles. The summed E-state index contributed by atoms with van der Waals surface area (Å²) < 4.78 is 5.13. The second kappa shape index (κ2) is 5.73. The lowest BCUT2D eigenvalue weighted by Crippen LogP contribution is -2.28. The average Bonchev–Trinajstić information content (AvgIpc) is 3.08. The summed E-state index contributed by atoms with van der Waals surface area (Å²) in [6.07, 6.45) is 0. The lowest BCUT2D eigenvalue weighted by Gasteiger charge is -2.07. The van der Waals surface area contributed by atoms with Gasteiger partial charge in [-0.1, -0.05) is 43.7 Å². The highest BCUT2D eigenvalue weighted by atomic mass is 16.5. The zero-order valence-corrected chi connectivity index (χ0v) is 14.1. The molecule has 3 nitrogen and oxygen atoms in total. The van der Waals surface area contributed by atoms with E-state index in [1.165, 1.54) is 11.1 Å². The molecule has 23 heavy (non-hydrogen) atoms. The molecule has 1 unspecified atom stereocenters. The van der Waals surface area contributed by atoms with Gasteiger partial charge in [0.1, 0.15) is 5.75 Å². The van der Waals surface area contributed by atoms with Crippen LogP contribution in [0.25, 0.3) is 0 Å². The monoisotopic (exact) mass is 309 g/mol. The summed E-state index contributed by atoms with van der Waals surface area (Å²) >= 11 is 0. The van der Waals surface area contributed by atoms with Crippen LogP contribution in [0, 0.1) is 12.3 Å². The Balaban J connectivity index is 1.72. The van der Waals surface area contributed by atoms with Crippen LogP contribution in [-0.2, 0) is 0 Å². The molecule has 0 heterocycles. The van der Waals surface area contributed by atoms with Gasteiger partial charge in [-0.05, 0) is 42.2 Å². The summed E-state index contributed by atoms with van der Waals surface area (Å²) in [7, 11) is 1.62. The summed E-state index contributed by atoms with van der Waals surface area (Å²) in [6, 6.07) is 16.0. The molecule has 3 rings (SSSR count). The van der Waals surface area contributed by atoms with Crippen molar-refractivity contribution in [1.82, 2.24) is 5.32 Å². The molecule has 1 N–H and O–H groups in total. The molecule has 2 atom stereocenters. The van der Waals surface area contributed by atoms with Gasteiger partial charge in [0.15, 0.2) is 0 Å². The molecule has 0 saturated heterocycles. The van der Waals surface area contributed by atoms with Gasteiger partial charge < -0.3 is 10.1 Å². The Bertz CT molecular complexity index is 701. The topological polar surface area (TPSA) is 38.3 Å². The Morgan fingerprint density at radius 3 is 2.22 bits per heavy atom. The minimum atomic E-state index is -0.0275. The molecule has 1 saturated carbocycles. The first-order valence-electron chi connectivity index (χ1n) is 7.95. The fourth-order valence-corrected chi connectivity index (χ4v) is 3.27. The third-order valence-electron chi connectivity index (χ3n) is 4.90. The predicted octanol–water partition coefficient (Wildman–Crippen LogP) is 3.93. The maximum absolute atomic E-state index is 12.5. The van der Waals surface area contributed by atoms with Crippen molar-refractivity contribution in [3.63, 3.8) is 0 Å². The fourth-order valence-electron chi connectivity index (χ4n) is 3.27. The Morgan fingerprint density at radius 1 is 1.04 bits per heavy atom. The zero-order chi connectivity index (χ0) is 16.6. The molecule has 2 aromatic carbocycles. The van der Waals surface area contributed by atoms with E-state index in [0.29, 0.717) is 11.5 Å². The number of carbonyl (C=O) groups excluding carboxylic acids is 1. The normalized spacial score (nSPS) is 21.6. The van der Waals surface area contributed by atoms with Crippen molar-refractivity contribution < 1.29 is 9.53 Å². The highest BCUT2D eigenvalue weighted by Crippen LogP contribution is 2.58. The molecular formula is C20H23NO2. The summed E-state index contributed by atoms with van der Waals surface area (Å²) in [4.78, 5) is 12.5. The van der Waals surface area contributed by atoms with Gasteiger partial charge in [-0.25, -0.2) is 0 Å². The van der Waals surface area contributed by atoms with E-state index in [1.54, 1.807) is 19.2 Å². The number of ether oxygens (including phenoxy) is 1. The minimum absolute atomic E-state index is 0.0275. The van der Waals surface area contributed by atoms with E-state index in [-0.39, 0.29) is 17.4 Å². The maximum atomic E-state index is 12.5. The SMILES string of the molecule is COc1ccc(C(=O)NC2[C@H](c3ccc(C)cc3)C2(C)C)cc1. The van der Waals surface area contributed by atoms with Crippen LogP contribution in [0.5, 0.6) is 5.75 Å².